The molecule has 117 valence electrons. The molecule has 2 rings (SSSR count). The number of carbonyl (C=O) groups excluding carboxylic acids is 1. The van der Waals surface area contributed by atoms with Gasteiger partial charge in [0.15, 0.2) is 0 Å². The number of hydrogen-bond acceptors (Lipinski definition) is 2. The summed E-state index contributed by atoms with van der Waals surface area (Å²) >= 11 is 1.96. The van der Waals surface area contributed by atoms with Crippen molar-refractivity contribution >= 4 is 34.2 Å². The second-order valence-corrected chi connectivity index (χ2v) is 6.00. The van der Waals surface area contributed by atoms with Crippen LogP contribution in [-0.2, 0) is 37.5 Å². The third-order valence-electron chi connectivity index (χ3n) is 3.01. The normalized spacial score (nSPS) is 18.0. The van der Waals surface area contributed by atoms with E-state index in [9.17, 15) is 13.6 Å². The zero-order chi connectivity index (χ0) is 15.4. The smallest absolute Gasteiger partial charge is 0.256 e. The van der Waals surface area contributed by atoms with Crippen molar-refractivity contribution in [3.05, 3.63) is 35.9 Å². The van der Waals surface area contributed by atoms with Crippen LogP contribution in [0.1, 0.15) is 18.9 Å². The summed E-state index contributed by atoms with van der Waals surface area (Å²) in [6.07, 6.45) is 0.921. The summed E-state index contributed by atoms with van der Waals surface area (Å²) in [4.78, 5) is 13.2. The van der Waals surface area contributed by atoms with Crippen molar-refractivity contribution in [3.63, 3.8) is 0 Å². The van der Waals surface area contributed by atoms with Gasteiger partial charge in [0.2, 0.25) is 5.91 Å². The fourth-order valence-corrected chi connectivity index (χ4v) is 2.66. The predicted molar refractivity (Wildman–Crippen MR) is 84.4 cm³/mol. The molecule has 0 aromatic heterocycles. The molecule has 1 aromatic rings. The van der Waals surface area contributed by atoms with Crippen LogP contribution in [0.4, 0.5) is 8.78 Å². The van der Waals surface area contributed by atoms with Gasteiger partial charge in [-0.1, -0.05) is 29.0 Å². The zero-order valence-corrected chi connectivity index (χ0v) is 17.1. The van der Waals surface area contributed by atoms with Gasteiger partial charge in [-0.3, -0.25) is 4.79 Å². The Morgan fingerprint density at radius 3 is 2.59 bits per heavy atom. The summed E-state index contributed by atoms with van der Waals surface area (Å²) in [5, 5.41) is 0. The molecule has 0 fully saturated rings. The molecule has 1 aromatic carbocycles. The zero-order valence-electron chi connectivity index (χ0n) is 12.1. The maximum atomic E-state index is 12.7. The van der Waals surface area contributed by atoms with Crippen LogP contribution in [0.25, 0.3) is 5.70 Å². The number of benzene rings is 1. The second-order valence-electron chi connectivity index (χ2n) is 4.49. The number of ether oxygens (including phenoxy) is 1. The minimum Gasteiger partial charge on any atom is -0.494 e. The summed E-state index contributed by atoms with van der Waals surface area (Å²) in [7, 11) is 0. The molecule has 1 aliphatic rings. The number of allylic oxidation sites excluding steroid dienone is 1. The second kappa shape index (κ2) is 9.28. The van der Waals surface area contributed by atoms with Gasteiger partial charge in [-0.05, 0) is 19.1 Å². The van der Waals surface area contributed by atoms with E-state index in [1.165, 1.54) is 0 Å². The van der Waals surface area contributed by atoms with E-state index in [1.54, 1.807) is 24.3 Å². The van der Waals surface area contributed by atoms with Crippen LogP contribution in [0.3, 0.4) is 0 Å². The Hall–Kier alpha value is -0.0761. The van der Waals surface area contributed by atoms with Gasteiger partial charge in [0.25, 0.3) is 6.43 Å². The maximum absolute atomic E-state index is 12.7. The van der Waals surface area contributed by atoms with Crippen LogP contribution in [0.5, 0.6) is 5.75 Å². The summed E-state index contributed by atoms with van der Waals surface area (Å²) < 4.78 is 30.4. The van der Waals surface area contributed by atoms with Crippen LogP contribution >= 0.6 is 22.6 Å². The van der Waals surface area contributed by atoms with E-state index in [0.29, 0.717) is 30.0 Å². The standard InChI is InChI=1S/C15H15F2INO2.Y/c1-2-21-11-5-3-10(4-6-11)13-8-7-12(18)15(20)19(13)9-14(16)17;/h3-6,12,14H,2,7,9H2,1H3;/q-1;. The summed E-state index contributed by atoms with van der Waals surface area (Å²) in [6, 6.07) is 7.03. The van der Waals surface area contributed by atoms with Gasteiger partial charge >= 0.3 is 0 Å². The van der Waals surface area contributed by atoms with Gasteiger partial charge in [0, 0.05) is 32.7 Å². The fourth-order valence-electron chi connectivity index (χ4n) is 2.10. The molecule has 7 heteroatoms. The molecule has 0 saturated heterocycles. The van der Waals surface area contributed by atoms with E-state index in [-0.39, 0.29) is 42.5 Å². The Kier molecular flexibility index (Phi) is 8.42. The molecule has 3 nitrogen and oxygen atoms in total. The van der Waals surface area contributed by atoms with Crippen LogP contribution < -0.4 is 4.74 Å². The maximum Gasteiger partial charge on any atom is 0.256 e. The molecule has 0 spiro atoms. The van der Waals surface area contributed by atoms with E-state index in [0.717, 1.165) is 4.90 Å². The third-order valence-corrected chi connectivity index (χ3v) is 3.99. The summed E-state index contributed by atoms with van der Waals surface area (Å²) in [6.45, 7) is 1.84. The molecule has 0 aliphatic carbocycles. The monoisotopic (exact) mass is 495 g/mol. The van der Waals surface area contributed by atoms with E-state index in [1.807, 2.05) is 29.5 Å². The Labute approximate surface area is 167 Å². The molecule has 0 saturated carbocycles. The van der Waals surface area contributed by atoms with E-state index < -0.39 is 13.0 Å². The Morgan fingerprint density at radius 1 is 1.41 bits per heavy atom. The van der Waals surface area contributed by atoms with Crippen LogP contribution in [0, 0.1) is 6.08 Å². The topological polar surface area (TPSA) is 29.5 Å². The van der Waals surface area contributed by atoms with E-state index in [4.69, 9.17) is 4.74 Å². The van der Waals surface area contributed by atoms with Gasteiger partial charge in [-0.25, -0.2) is 14.9 Å². The number of carbonyl (C=O) groups is 1. The first kappa shape index (κ1) is 20.0. The molecule has 22 heavy (non-hydrogen) atoms. The van der Waals surface area contributed by atoms with Crippen molar-refractivity contribution in [1.82, 2.24) is 4.90 Å². The first-order valence-corrected chi connectivity index (χ1v) is 7.85. The number of rotatable bonds is 5. The molecule has 1 aliphatic heterocycles. The number of alkyl halides is 3. The Morgan fingerprint density at radius 2 is 2.05 bits per heavy atom. The van der Waals surface area contributed by atoms with Crippen LogP contribution in [0.15, 0.2) is 24.3 Å². The third kappa shape index (κ3) is 4.96. The summed E-state index contributed by atoms with van der Waals surface area (Å²) in [5.74, 6) is 0.412. The van der Waals surface area contributed by atoms with Gasteiger partial charge in [0.1, 0.15) is 5.75 Å². The fraction of sp³-hybridized carbons (Fsp3) is 0.400. The van der Waals surface area contributed by atoms with Crippen molar-refractivity contribution in [2.24, 2.45) is 0 Å². The quantitative estimate of drug-likeness (QED) is 0.356. The van der Waals surface area contributed by atoms with Crippen molar-refractivity contribution in [2.45, 2.75) is 23.7 Å². The number of halogens is 3. The molecule has 0 bridgehead atoms. The first-order chi connectivity index (χ1) is 10.0. The molecular formula is C15H15F2INO2Y-. The predicted octanol–water partition coefficient (Wildman–Crippen LogP) is 3.53. The molecule has 1 amide bonds. The number of nitrogens with zero attached hydrogens (tertiary/aromatic N) is 1. The van der Waals surface area contributed by atoms with E-state index >= 15 is 0 Å². The summed E-state index contributed by atoms with van der Waals surface area (Å²) in [5.41, 5.74) is 1.12. The van der Waals surface area contributed by atoms with Gasteiger partial charge < -0.3 is 9.64 Å². The van der Waals surface area contributed by atoms with Crippen LogP contribution in [0.2, 0.25) is 0 Å². The minimum atomic E-state index is -2.57. The number of amides is 1. The van der Waals surface area contributed by atoms with Gasteiger partial charge in [0.05, 0.1) is 17.1 Å². The minimum absolute atomic E-state index is 0. The Bertz CT molecular complexity index is 537. The average Bonchev–Trinajstić information content (AvgIpc) is 2.45. The van der Waals surface area contributed by atoms with Crippen LogP contribution in [-0.4, -0.2) is 34.3 Å². The van der Waals surface area contributed by atoms with Crippen molar-refractivity contribution in [3.8, 4) is 5.75 Å². The van der Waals surface area contributed by atoms with Crippen molar-refractivity contribution < 1.29 is 51.0 Å². The van der Waals surface area contributed by atoms with E-state index in [2.05, 4.69) is 6.08 Å². The average molecular weight is 495 g/mol. The first-order valence-electron chi connectivity index (χ1n) is 6.60. The molecule has 1 unspecified atom stereocenters. The van der Waals surface area contributed by atoms with Gasteiger partial charge in [-0.2, -0.15) is 5.56 Å². The molecule has 1 heterocycles. The molecule has 1 radical (unpaired) electrons. The largest absolute Gasteiger partial charge is 0.494 e. The molecular weight excluding hydrogens is 480 g/mol. The van der Waals surface area contributed by atoms with Crippen molar-refractivity contribution in [2.75, 3.05) is 13.2 Å². The van der Waals surface area contributed by atoms with Crippen molar-refractivity contribution in [1.29, 1.82) is 0 Å². The number of hydrogen-bond donors (Lipinski definition) is 0. The SMILES string of the molecule is CCOc1ccc(C2=[C-]CC(I)C(=O)N2CC(F)F)cc1.[Y]. The van der Waals surface area contributed by atoms with Gasteiger partial charge in [-0.15, -0.1) is 17.8 Å². The Balaban J connectivity index is 0.00000242. The molecule has 0 N–H and O–H groups in total. The molecule has 1 atom stereocenters.